The Morgan fingerprint density at radius 1 is 0.263 bits per heavy atom. The van der Waals surface area contributed by atoms with Gasteiger partial charge in [-0.2, -0.15) is 0 Å². The van der Waals surface area contributed by atoms with Crippen molar-refractivity contribution in [2.75, 3.05) is 13.2 Å². The normalized spacial score (nSPS) is 12.9. The summed E-state index contributed by atoms with van der Waals surface area (Å²) in [6.07, 6.45) is 93.9. The van der Waals surface area contributed by atoms with Crippen molar-refractivity contribution in [2.45, 2.75) is 316 Å². The number of allylic oxidation sites excluding steroid dienone is 20. The van der Waals surface area contributed by atoms with Crippen LogP contribution in [0.3, 0.4) is 0 Å². The van der Waals surface area contributed by atoms with Crippen LogP contribution in [0.25, 0.3) is 0 Å². The summed E-state index contributed by atoms with van der Waals surface area (Å²) in [5, 5.41) is 0. The summed E-state index contributed by atoms with van der Waals surface area (Å²) in [6.45, 7) is 6.37. The Morgan fingerprint density at radius 3 is 0.762 bits per heavy atom. The minimum Gasteiger partial charge on any atom is -0.462 e. The van der Waals surface area contributed by atoms with E-state index >= 15 is 0 Å². The van der Waals surface area contributed by atoms with Crippen molar-refractivity contribution in [1.82, 2.24) is 0 Å². The fourth-order valence-corrected chi connectivity index (χ4v) is 9.26. The molecule has 0 aromatic heterocycles. The van der Waals surface area contributed by atoms with Crippen LogP contribution in [-0.4, -0.2) is 37.2 Å². The van der Waals surface area contributed by atoms with Gasteiger partial charge in [0.25, 0.3) is 0 Å². The molecule has 1 atom stereocenters. The van der Waals surface area contributed by atoms with Crippen LogP contribution in [0.2, 0.25) is 0 Å². The van der Waals surface area contributed by atoms with Gasteiger partial charge in [0.2, 0.25) is 0 Å². The number of unbranched alkanes of at least 4 members (excludes halogenated alkanes) is 29. The van der Waals surface area contributed by atoms with E-state index in [0.29, 0.717) is 19.3 Å². The van der Waals surface area contributed by atoms with E-state index in [-0.39, 0.29) is 31.1 Å². The van der Waals surface area contributed by atoms with Gasteiger partial charge in [0.1, 0.15) is 13.2 Å². The van der Waals surface area contributed by atoms with E-state index in [0.717, 1.165) is 122 Å². The summed E-state index contributed by atoms with van der Waals surface area (Å²) >= 11 is 0. The summed E-state index contributed by atoms with van der Waals surface area (Å²) in [7, 11) is 0. The van der Waals surface area contributed by atoms with Crippen molar-refractivity contribution in [3.05, 3.63) is 122 Å². The zero-order valence-electron chi connectivity index (χ0n) is 52.3. The molecule has 0 N–H and O–H groups in total. The molecule has 6 nitrogen and oxygen atoms in total. The summed E-state index contributed by atoms with van der Waals surface area (Å²) in [6, 6.07) is 0. The third-order valence-corrected chi connectivity index (χ3v) is 14.2. The first kappa shape index (κ1) is 75.8. The second-order valence-electron chi connectivity index (χ2n) is 22.0. The number of ether oxygens (including phenoxy) is 3. The van der Waals surface area contributed by atoms with Gasteiger partial charge in [0.05, 0.1) is 0 Å². The molecule has 0 amide bonds. The molecule has 0 aromatic carbocycles. The average Bonchev–Trinajstić information content (AvgIpc) is 3.46. The van der Waals surface area contributed by atoms with E-state index < -0.39 is 6.10 Å². The van der Waals surface area contributed by atoms with Crippen LogP contribution in [0.5, 0.6) is 0 Å². The highest BCUT2D eigenvalue weighted by atomic mass is 16.6. The highest BCUT2D eigenvalue weighted by molar-refractivity contribution is 5.71. The number of hydrogen-bond acceptors (Lipinski definition) is 6. The highest BCUT2D eigenvalue weighted by Crippen LogP contribution is 2.17. The molecule has 0 aliphatic rings. The van der Waals surface area contributed by atoms with E-state index in [2.05, 4.69) is 142 Å². The van der Waals surface area contributed by atoms with Gasteiger partial charge in [-0.05, 0) is 109 Å². The summed E-state index contributed by atoms with van der Waals surface area (Å²) < 4.78 is 16.8. The fraction of sp³-hybridized carbons (Fsp3) is 0.689. The van der Waals surface area contributed by atoms with Crippen LogP contribution >= 0.6 is 0 Å². The van der Waals surface area contributed by atoms with E-state index in [4.69, 9.17) is 14.2 Å². The SMILES string of the molecule is CC/C=C\C/C=C\C/C=C\C/C=C\C/C=C\CCCCCCCCCCCCCCCC(=O)OCC(COC(=O)CCCCCCCC)OC(=O)CCCCCCCCCCCCC/C=C\C/C=C\C/C=C\C/C=C\C/C=C\CC. The maximum absolute atomic E-state index is 12.9. The Bertz CT molecular complexity index is 1650. The van der Waals surface area contributed by atoms with Crippen molar-refractivity contribution < 1.29 is 28.6 Å². The van der Waals surface area contributed by atoms with Crippen molar-refractivity contribution in [2.24, 2.45) is 0 Å². The van der Waals surface area contributed by atoms with Gasteiger partial charge in [0, 0.05) is 19.3 Å². The topological polar surface area (TPSA) is 78.9 Å². The van der Waals surface area contributed by atoms with Gasteiger partial charge in [-0.15, -0.1) is 0 Å². The largest absolute Gasteiger partial charge is 0.462 e. The minimum absolute atomic E-state index is 0.0790. The van der Waals surface area contributed by atoms with Crippen molar-refractivity contribution >= 4 is 17.9 Å². The Hall–Kier alpha value is -4.19. The number of esters is 3. The molecule has 0 saturated heterocycles. The average molecular weight is 1110 g/mol. The lowest BCUT2D eigenvalue weighted by Gasteiger charge is -2.18. The molecule has 6 heteroatoms. The molecule has 0 saturated carbocycles. The predicted octanol–water partition coefficient (Wildman–Crippen LogP) is 23.2. The lowest BCUT2D eigenvalue weighted by Crippen LogP contribution is -2.30. The van der Waals surface area contributed by atoms with Crippen LogP contribution in [0, 0.1) is 0 Å². The van der Waals surface area contributed by atoms with Gasteiger partial charge in [-0.1, -0.05) is 303 Å². The maximum Gasteiger partial charge on any atom is 0.306 e. The lowest BCUT2D eigenvalue weighted by molar-refractivity contribution is -0.167. The van der Waals surface area contributed by atoms with Crippen LogP contribution in [-0.2, 0) is 28.6 Å². The highest BCUT2D eigenvalue weighted by Gasteiger charge is 2.19. The molecule has 0 rings (SSSR count). The molecule has 0 spiro atoms. The second kappa shape index (κ2) is 67.3. The Morgan fingerprint density at radius 2 is 0.487 bits per heavy atom. The van der Waals surface area contributed by atoms with Crippen LogP contribution in [0.1, 0.15) is 310 Å². The Balaban J connectivity index is 4.08. The zero-order valence-corrected chi connectivity index (χ0v) is 52.3. The molecular formula is C74H124O6. The molecule has 0 heterocycles. The first-order valence-electron chi connectivity index (χ1n) is 33.5. The second-order valence-corrected chi connectivity index (χ2v) is 22.0. The summed E-state index contributed by atoms with van der Waals surface area (Å²) in [4.78, 5) is 38.1. The van der Waals surface area contributed by atoms with Crippen LogP contribution in [0.15, 0.2) is 122 Å². The van der Waals surface area contributed by atoms with Gasteiger partial charge in [0.15, 0.2) is 6.10 Å². The molecule has 0 radical (unpaired) electrons. The van der Waals surface area contributed by atoms with Gasteiger partial charge < -0.3 is 14.2 Å². The quantitative estimate of drug-likeness (QED) is 0.0261. The predicted molar refractivity (Wildman–Crippen MR) is 348 cm³/mol. The van der Waals surface area contributed by atoms with Crippen molar-refractivity contribution in [3.8, 4) is 0 Å². The molecule has 0 bridgehead atoms. The number of carbonyl (C=O) groups excluding carboxylic acids is 3. The smallest absolute Gasteiger partial charge is 0.306 e. The number of hydrogen-bond donors (Lipinski definition) is 0. The summed E-state index contributed by atoms with van der Waals surface area (Å²) in [5.41, 5.74) is 0. The third-order valence-electron chi connectivity index (χ3n) is 14.2. The van der Waals surface area contributed by atoms with E-state index in [1.807, 2.05) is 0 Å². The molecule has 456 valence electrons. The third kappa shape index (κ3) is 64.6. The molecule has 0 aliphatic carbocycles. The molecule has 80 heavy (non-hydrogen) atoms. The molecule has 1 unspecified atom stereocenters. The lowest BCUT2D eigenvalue weighted by atomic mass is 10.0. The molecule has 0 fully saturated rings. The van der Waals surface area contributed by atoms with Crippen molar-refractivity contribution in [3.63, 3.8) is 0 Å². The Kier molecular flexibility index (Phi) is 63.8. The monoisotopic (exact) mass is 1110 g/mol. The maximum atomic E-state index is 12.9. The summed E-state index contributed by atoms with van der Waals surface area (Å²) in [5.74, 6) is -0.886. The van der Waals surface area contributed by atoms with E-state index in [1.54, 1.807) is 0 Å². The minimum atomic E-state index is -0.779. The molecule has 0 aliphatic heterocycles. The van der Waals surface area contributed by atoms with Gasteiger partial charge in [-0.3, -0.25) is 14.4 Å². The van der Waals surface area contributed by atoms with Crippen molar-refractivity contribution in [1.29, 1.82) is 0 Å². The van der Waals surface area contributed by atoms with Crippen LogP contribution < -0.4 is 0 Å². The van der Waals surface area contributed by atoms with E-state index in [9.17, 15) is 14.4 Å². The first-order chi connectivity index (χ1) is 39.5. The standard InChI is InChI=1S/C74H124O6/c1-4-7-10-13-16-18-20-22-24-26-28-30-32-34-36-37-39-40-42-44-46-48-50-52-54-56-58-61-64-67-73(76)79-70-71(69-78-72(75)66-63-60-15-12-9-6-3)80-74(77)68-65-62-59-57-55-53-51-49-47-45-43-41-38-35-33-31-29-27-25-23-21-19-17-14-11-8-5-2/h7-8,10-11,16-19,22-25,28-31,34-36,38,71H,4-6,9,12-15,20-21,26-27,32-33,37,39-70H2,1-3H3/b10-7-,11-8-,18-16-,19-17-,24-22-,25-23-,30-28-,31-29-,36-34-,38-35-. The number of rotatable bonds is 60. The zero-order chi connectivity index (χ0) is 57.8. The molecule has 0 aromatic rings. The van der Waals surface area contributed by atoms with Gasteiger partial charge in [-0.25, -0.2) is 0 Å². The number of carbonyl (C=O) groups is 3. The first-order valence-corrected chi connectivity index (χ1v) is 33.5. The Labute approximate surface area is 494 Å². The van der Waals surface area contributed by atoms with Gasteiger partial charge >= 0.3 is 17.9 Å². The fourth-order valence-electron chi connectivity index (χ4n) is 9.26. The van der Waals surface area contributed by atoms with Crippen LogP contribution in [0.4, 0.5) is 0 Å². The molecular weight excluding hydrogens is 985 g/mol. The van der Waals surface area contributed by atoms with E-state index in [1.165, 1.54) is 148 Å².